The summed E-state index contributed by atoms with van der Waals surface area (Å²) < 4.78 is 5.48. The summed E-state index contributed by atoms with van der Waals surface area (Å²) in [6.45, 7) is 6.78. The van der Waals surface area contributed by atoms with Gasteiger partial charge in [-0.15, -0.1) is 0 Å². The smallest absolute Gasteiger partial charge is 0.0652 e. The van der Waals surface area contributed by atoms with Crippen molar-refractivity contribution in [1.82, 2.24) is 5.32 Å². The van der Waals surface area contributed by atoms with E-state index in [0.29, 0.717) is 18.2 Å². The van der Waals surface area contributed by atoms with E-state index < -0.39 is 0 Å². The predicted molar refractivity (Wildman–Crippen MR) is 71.0 cm³/mol. The average molecular weight is 233 g/mol. The van der Waals surface area contributed by atoms with Crippen molar-refractivity contribution in [3.63, 3.8) is 0 Å². The van der Waals surface area contributed by atoms with E-state index in [2.05, 4.69) is 56.4 Å². The number of hydrogen-bond donors (Lipinski definition) is 1. The summed E-state index contributed by atoms with van der Waals surface area (Å²) in [4.78, 5) is 0. The van der Waals surface area contributed by atoms with E-state index in [1.807, 2.05) is 7.11 Å². The Morgan fingerprint density at radius 3 is 2.47 bits per heavy atom. The van der Waals surface area contributed by atoms with Gasteiger partial charge in [0.1, 0.15) is 0 Å². The van der Waals surface area contributed by atoms with E-state index in [-0.39, 0.29) is 5.41 Å². The number of nitrogens with one attached hydrogen (secondary N) is 1. The summed E-state index contributed by atoms with van der Waals surface area (Å²) in [6.07, 6.45) is 1.50. The molecule has 0 amide bonds. The van der Waals surface area contributed by atoms with Crippen molar-refractivity contribution in [2.24, 2.45) is 5.41 Å². The lowest BCUT2D eigenvalue weighted by Gasteiger charge is -2.52. The third kappa shape index (κ3) is 2.38. The van der Waals surface area contributed by atoms with Crippen LogP contribution in [0.1, 0.15) is 38.8 Å². The lowest BCUT2D eigenvalue weighted by atomic mass is 9.64. The Balaban J connectivity index is 1.95. The highest BCUT2D eigenvalue weighted by Gasteiger charge is 2.48. The molecule has 1 aliphatic rings. The van der Waals surface area contributed by atoms with E-state index in [0.717, 1.165) is 6.42 Å². The SMILES string of the molecule is COC1CC(NC(C)c2ccccc2)C1(C)C. The second kappa shape index (κ2) is 4.79. The van der Waals surface area contributed by atoms with Crippen LogP contribution in [0.4, 0.5) is 0 Å². The van der Waals surface area contributed by atoms with Gasteiger partial charge in [0, 0.05) is 24.6 Å². The topological polar surface area (TPSA) is 21.3 Å². The fourth-order valence-electron chi connectivity index (χ4n) is 2.71. The van der Waals surface area contributed by atoms with Crippen molar-refractivity contribution in [2.45, 2.75) is 45.4 Å². The Morgan fingerprint density at radius 2 is 1.94 bits per heavy atom. The van der Waals surface area contributed by atoms with Gasteiger partial charge in [0.15, 0.2) is 0 Å². The van der Waals surface area contributed by atoms with Gasteiger partial charge in [-0.25, -0.2) is 0 Å². The molecule has 1 aromatic rings. The number of rotatable bonds is 4. The van der Waals surface area contributed by atoms with E-state index >= 15 is 0 Å². The molecule has 0 aliphatic heterocycles. The van der Waals surface area contributed by atoms with Crippen molar-refractivity contribution in [2.75, 3.05) is 7.11 Å². The molecule has 1 aliphatic carbocycles. The maximum absolute atomic E-state index is 5.48. The summed E-state index contributed by atoms with van der Waals surface area (Å²) in [5, 5.41) is 3.71. The zero-order valence-corrected chi connectivity index (χ0v) is 11.2. The van der Waals surface area contributed by atoms with Crippen LogP contribution >= 0.6 is 0 Å². The lowest BCUT2D eigenvalue weighted by Crippen LogP contribution is -2.60. The van der Waals surface area contributed by atoms with Crippen molar-refractivity contribution in [3.8, 4) is 0 Å². The molecule has 2 heteroatoms. The first-order valence-corrected chi connectivity index (χ1v) is 6.39. The van der Waals surface area contributed by atoms with Gasteiger partial charge in [-0.2, -0.15) is 0 Å². The van der Waals surface area contributed by atoms with Crippen molar-refractivity contribution < 1.29 is 4.74 Å². The van der Waals surface area contributed by atoms with Crippen molar-refractivity contribution in [3.05, 3.63) is 35.9 Å². The van der Waals surface area contributed by atoms with Gasteiger partial charge in [0.2, 0.25) is 0 Å². The van der Waals surface area contributed by atoms with Gasteiger partial charge in [0.25, 0.3) is 0 Å². The molecule has 3 atom stereocenters. The van der Waals surface area contributed by atoms with Gasteiger partial charge in [-0.1, -0.05) is 44.2 Å². The van der Waals surface area contributed by atoms with Crippen molar-refractivity contribution >= 4 is 0 Å². The van der Waals surface area contributed by atoms with Crippen LogP contribution in [0, 0.1) is 5.41 Å². The third-order valence-electron chi connectivity index (χ3n) is 4.21. The van der Waals surface area contributed by atoms with Crippen molar-refractivity contribution in [1.29, 1.82) is 0 Å². The highest BCUT2D eigenvalue weighted by atomic mass is 16.5. The lowest BCUT2D eigenvalue weighted by molar-refractivity contribution is -0.0999. The number of ether oxygens (including phenoxy) is 1. The maximum Gasteiger partial charge on any atom is 0.0652 e. The molecule has 1 saturated carbocycles. The van der Waals surface area contributed by atoms with Gasteiger partial charge < -0.3 is 10.1 Å². The van der Waals surface area contributed by atoms with Crippen LogP contribution in [0.25, 0.3) is 0 Å². The maximum atomic E-state index is 5.48. The molecule has 2 nitrogen and oxygen atoms in total. The molecule has 0 aromatic heterocycles. The van der Waals surface area contributed by atoms with Gasteiger partial charge >= 0.3 is 0 Å². The minimum absolute atomic E-state index is 0.234. The van der Waals surface area contributed by atoms with Crippen LogP contribution < -0.4 is 5.32 Å². The first kappa shape index (κ1) is 12.6. The Bertz CT molecular complexity index is 360. The predicted octanol–water partition coefficient (Wildman–Crippen LogP) is 3.15. The van der Waals surface area contributed by atoms with Crippen LogP contribution in [-0.2, 0) is 4.74 Å². The van der Waals surface area contributed by atoms with Gasteiger partial charge in [-0.3, -0.25) is 0 Å². The number of benzene rings is 1. The van der Waals surface area contributed by atoms with Crippen LogP contribution in [0.2, 0.25) is 0 Å². The summed E-state index contributed by atoms with van der Waals surface area (Å²) in [5.74, 6) is 0. The fraction of sp³-hybridized carbons (Fsp3) is 0.600. The molecule has 1 N–H and O–H groups in total. The molecule has 1 aromatic carbocycles. The normalized spacial score (nSPS) is 28.5. The first-order valence-electron chi connectivity index (χ1n) is 6.39. The van der Waals surface area contributed by atoms with E-state index in [1.54, 1.807) is 0 Å². The zero-order valence-electron chi connectivity index (χ0n) is 11.2. The van der Waals surface area contributed by atoms with Crippen LogP contribution in [0.3, 0.4) is 0 Å². The van der Waals surface area contributed by atoms with Gasteiger partial charge in [-0.05, 0) is 18.9 Å². The second-order valence-corrected chi connectivity index (χ2v) is 5.63. The highest BCUT2D eigenvalue weighted by molar-refractivity contribution is 5.19. The number of methoxy groups -OCH3 is 1. The molecule has 94 valence electrons. The fourth-order valence-corrected chi connectivity index (χ4v) is 2.71. The summed E-state index contributed by atoms with van der Waals surface area (Å²) >= 11 is 0. The van der Waals surface area contributed by atoms with Crippen LogP contribution in [0.5, 0.6) is 0 Å². The summed E-state index contributed by atoms with van der Waals surface area (Å²) in [7, 11) is 1.81. The van der Waals surface area contributed by atoms with Crippen LogP contribution in [0.15, 0.2) is 30.3 Å². The molecule has 0 bridgehead atoms. The molecular weight excluding hydrogens is 210 g/mol. The average Bonchev–Trinajstić information content (AvgIpc) is 2.34. The quantitative estimate of drug-likeness (QED) is 0.862. The first-order chi connectivity index (χ1) is 8.05. The van der Waals surface area contributed by atoms with Gasteiger partial charge in [0.05, 0.1) is 6.10 Å². The third-order valence-corrected chi connectivity index (χ3v) is 4.21. The molecule has 3 unspecified atom stereocenters. The Labute approximate surface area is 104 Å². The monoisotopic (exact) mass is 233 g/mol. The largest absolute Gasteiger partial charge is 0.381 e. The minimum Gasteiger partial charge on any atom is -0.381 e. The molecule has 0 radical (unpaired) electrons. The molecule has 2 rings (SSSR count). The molecule has 17 heavy (non-hydrogen) atoms. The second-order valence-electron chi connectivity index (χ2n) is 5.63. The molecule has 0 saturated heterocycles. The molecular formula is C15H23NO. The Kier molecular flexibility index (Phi) is 3.55. The minimum atomic E-state index is 0.234. The number of hydrogen-bond acceptors (Lipinski definition) is 2. The highest BCUT2D eigenvalue weighted by Crippen LogP contribution is 2.43. The zero-order chi connectivity index (χ0) is 12.5. The molecule has 1 fully saturated rings. The van der Waals surface area contributed by atoms with E-state index in [9.17, 15) is 0 Å². The van der Waals surface area contributed by atoms with E-state index in [4.69, 9.17) is 4.74 Å². The van der Waals surface area contributed by atoms with E-state index in [1.165, 1.54) is 5.56 Å². The summed E-state index contributed by atoms with van der Waals surface area (Å²) in [6, 6.07) is 11.5. The molecule has 0 spiro atoms. The van der Waals surface area contributed by atoms with Crippen LogP contribution in [-0.4, -0.2) is 19.3 Å². The standard InChI is InChI=1S/C15H23NO/c1-11(12-8-6-5-7-9-12)16-13-10-14(17-4)15(13,2)3/h5-9,11,13-14,16H,10H2,1-4H3. The summed E-state index contributed by atoms with van der Waals surface area (Å²) in [5.41, 5.74) is 1.58. The Morgan fingerprint density at radius 1 is 1.29 bits per heavy atom. The molecule has 0 heterocycles. The Hall–Kier alpha value is -0.860.